The van der Waals surface area contributed by atoms with E-state index in [9.17, 15) is 20.0 Å². The Morgan fingerprint density at radius 2 is 1.81 bits per heavy atom. The molecule has 2 aromatic carbocycles. The standard InChI is InChI=1S/C26H21N5O4S2/c1-2-35-26(34)19-18(15-9-5-3-6-10-15)14-36-24(19)30-23(33)17(13-27)25-31(16-11-7-4-8-12-16)21(28)20(37-25)22(29)32/h3-12,14,28,32H,2,29H2,1H3,(H,30,33)/b22-20+,25-17?,28-21?. The topological polar surface area (TPSA) is 154 Å². The molecule has 0 radical (unpaired) electrons. The summed E-state index contributed by atoms with van der Waals surface area (Å²) in [5, 5.41) is 33.0. The monoisotopic (exact) mass is 531 g/mol. The van der Waals surface area contributed by atoms with Crippen LogP contribution in [0.3, 0.4) is 0 Å². The summed E-state index contributed by atoms with van der Waals surface area (Å²) < 4.78 is 6.70. The zero-order valence-electron chi connectivity index (χ0n) is 19.5. The number of nitrogens with one attached hydrogen (secondary N) is 2. The number of nitrogens with two attached hydrogens (primary N) is 1. The number of para-hydroxylation sites is 1. The van der Waals surface area contributed by atoms with Gasteiger partial charge in [-0.25, -0.2) is 4.79 Å². The molecule has 0 saturated carbocycles. The molecule has 0 saturated heterocycles. The van der Waals surface area contributed by atoms with Gasteiger partial charge in [-0.3, -0.25) is 14.8 Å². The number of hydrogen-bond donors (Lipinski definition) is 4. The van der Waals surface area contributed by atoms with E-state index in [1.807, 2.05) is 36.4 Å². The molecule has 0 aliphatic carbocycles. The number of nitrogens with zero attached hydrogens (tertiary/aromatic N) is 2. The third kappa shape index (κ3) is 5.02. The van der Waals surface area contributed by atoms with Gasteiger partial charge < -0.3 is 20.9 Å². The maximum absolute atomic E-state index is 13.4. The quantitative estimate of drug-likeness (QED) is 0.281. The maximum atomic E-state index is 13.4. The number of anilines is 1. The summed E-state index contributed by atoms with van der Waals surface area (Å²) >= 11 is 1.97. The van der Waals surface area contributed by atoms with Crippen LogP contribution in [0.5, 0.6) is 0 Å². The van der Waals surface area contributed by atoms with Gasteiger partial charge in [0.2, 0.25) is 5.88 Å². The molecule has 1 amide bonds. The van der Waals surface area contributed by atoms with E-state index in [2.05, 4.69) is 5.32 Å². The van der Waals surface area contributed by atoms with Gasteiger partial charge in [0, 0.05) is 16.6 Å². The van der Waals surface area contributed by atoms with E-state index in [0.717, 1.165) is 28.2 Å². The van der Waals surface area contributed by atoms with Crippen molar-refractivity contribution < 1.29 is 19.4 Å². The van der Waals surface area contributed by atoms with Crippen molar-refractivity contribution >= 4 is 51.0 Å². The highest BCUT2D eigenvalue weighted by Crippen LogP contribution is 2.36. The SMILES string of the molecule is CCOC(=O)c1c(-c2ccccc2)csc1NC(=O)C(C#N)=c1s/c(=C(\N)O)c(=N)n1-c1ccccc1. The number of benzene rings is 2. The Hall–Kier alpha value is -4.66. The molecule has 0 spiro atoms. The lowest BCUT2D eigenvalue weighted by Gasteiger charge is -2.09. The van der Waals surface area contributed by atoms with Crippen molar-refractivity contribution in [1.82, 2.24) is 4.57 Å². The number of ether oxygens (including phenoxy) is 1. The second-order valence-corrected chi connectivity index (χ2v) is 9.40. The molecule has 2 heterocycles. The van der Waals surface area contributed by atoms with Crippen molar-refractivity contribution in [2.24, 2.45) is 5.73 Å². The van der Waals surface area contributed by atoms with Gasteiger partial charge in [0.1, 0.15) is 25.8 Å². The Morgan fingerprint density at radius 1 is 1.16 bits per heavy atom. The lowest BCUT2D eigenvalue weighted by atomic mass is 10.0. The first kappa shape index (κ1) is 25.4. The second-order valence-electron chi connectivity index (χ2n) is 7.52. The number of hydrogen-bond acceptors (Lipinski definition) is 9. The van der Waals surface area contributed by atoms with Crippen molar-refractivity contribution in [2.75, 3.05) is 11.9 Å². The molecule has 2 aromatic heterocycles. The molecule has 0 unspecified atom stereocenters. The number of thiophene rings is 1. The van der Waals surface area contributed by atoms with E-state index in [-0.39, 0.29) is 37.4 Å². The van der Waals surface area contributed by atoms with Crippen molar-refractivity contribution in [1.29, 1.82) is 10.7 Å². The molecular formula is C26H21N5O4S2. The zero-order valence-corrected chi connectivity index (χ0v) is 21.2. The maximum Gasteiger partial charge on any atom is 0.341 e. The van der Waals surface area contributed by atoms with Crippen molar-refractivity contribution in [3.63, 3.8) is 0 Å². The van der Waals surface area contributed by atoms with Crippen molar-refractivity contribution in [3.8, 4) is 22.9 Å². The average Bonchev–Trinajstić information content (AvgIpc) is 3.47. The fraction of sp³-hybridized carbons (Fsp3) is 0.0769. The number of aromatic nitrogens is 1. The summed E-state index contributed by atoms with van der Waals surface area (Å²) in [6, 6.07) is 19.8. The van der Waals surface area contributed by atoms with E-state index in [0.29, 0.717) is 11.3 Å². The predicted molar refractivity (Wildman–Crippen MR) is 142 cm³/mol. The molecule has 5 N–H and O–H groups in total. The lowest BCUT2D eigenvalue weighted by molar-refractivity contribution is -0.111. The number of rotatable bonds is 6. The van der Waals surface area contributed by atoms with Crippen LogP contribution in [0, 0.1) is 16.7 Å². The zero-order chi connectivity index (χ0) is 26.5. The fourth-order valence-electron chi connectivity index (χ4n) is 3.60. The Kier molecular flexibility index (Phi) is 7.52. The van der Waals surface area contributed by atoms with Gasteiger partial charge in [-0.1, -0.05) is 48.5 Å². The molecule has 0 fully saturated rings. The van der Waals surface area contributed by atoms with E-state index < -0.39 is 17.8 Å². The molecule has 0 aliphatic heterocycles. The highest BCUT2D eigenvalue weighted by Gasteiger charge is 2.25. The first-order valence-corrected chi connectivity index (χ1v) is 12.7. The van der Waals surface area contributed by atoms with Gasteiger partial charge in [-0.15, -0.1) is 22.7 Å². The van der Waals surface area contributed by atoms with Crippen LogP contribution in [0.4, 0.5) is 5.00 Å². The fourth-order valence-corrected chi connectivity index (χ4v) is 5.57. The number of thiazole rings is 1. The number of nitriles is 1. The van der Waals surface area contributed by atoms with E-state index >= 15 is 0 Å². The minimum atomic E-state index is -0.788. The van der Waals surface area contributed by atoms with Gasteiger partial charge in [0.05, 0.1) is 6.61 Å². The summed E-state index contributed by atoms with van der Waals surface area (Å²) in [6.07, 6.45) is 0. The first-order valence-electron chi connectivity index (χ1n) is 11.0. The number of carbonyl (C=O) groups excluding carboxylic acids is 2. The molecule has 0 atom stereocenters. The second kappa shape index (κ2) is 10.9. The number of amides is 1. The predicted octanol–water partition coefficient (Wildman–Crippen LogP) is 2.82. The van der Waals surface area contributed by atoms with Gasteiger partial charge in [-0.2, -0.15) is 5.26 Å². The van der Waals surface area contributed by atoms with Crippen LogP contribution in [0.15, 0.2) is 66.0 Å². The van der Waals surface area contributed by atoms with Gasteiger partial charge in [0.15, 0.2) is 11.1 Å². The Morgan fingerprint density at radius 3 is 2.41 bits per heavy atom. The first-order chi connectivity index (χ1) is 17.9. The molecule has 0 aliphatic rings. The van der Waals surface area contributed by atoms with Crippen LogP contribution >= 0.6 is 22.7 Å². The minimum Gasteiger partial charge on any atom is -0.494 e. The number of aliphatic hydroxyl groups excluding tert-OH is 1. The van der Waals surface area contributed by atoms with Gasteiger partial charge in [-0.05, 0) is 24.6 Å². The molecule has 4 rings (SSSR count). The molecule has 37 heavy (non-hydrogen) atoms. The summed E-state index contributed by atoms with van der Waals surface area (Å²) in [6.45, 7) is 1.83. The number of aliphatic hydroxyl groups is 1. The third-order valence-corrected chi connectivity index (χ3v) is 7.30. The largest absolute Gasteiger partial charge is 0.494 e. The highest BCUT2D eigenvalue weighted by molar-refractivity contribution is 7.15. The minimum absolute atomic E-state index is 0.00843. The normalized spacial score (nSPS) is 12.3. The molecule has 0 bridgehead atoms. The Bertz CT molecular complexity index is 1690. The van der Waals surface area contributed by atoms with E-state index in [1.54, 1.807) is 42.6 Å². The van der Waals surface area contributed by atoms with Crippen LogP contribution in [-0.4, -0.2) is 28.2 Å². The molecule has 4 aromatic rings. The molecule has 9 nitrogen and oxygen atoms in total. The summed E-state index contributed by atoms with van der Waals surface area (Å²) in [5.74, 6) is -1.99. The highest BCUT2D eigenvalue weighted by atomic mass is 32.1. The summed E-state index contributed by atoms with van der Waals surface area (Å²) in [4.78, 5) is 26.3. The van der Waals surface area contributed by atoms with Crippen molar-refractivity contribution in [3.05, 3.63) is 86.3 Å². The van der Waals surface area contributed by atoms with E-state index in [1.165, 1.54) is 4.57 Å². The van der Waals surface area contributed by atoms with Crippen LogP contribution in [0.25, 0.3) is 28.3 Å². The Balaban J connectivity index is 1.88. The number of esters is 1. The van der Waals surface area contributed by atoms with Gasteiger partial charge >= 0.3 is 5.97 Å². The molecular weight excluding hydrogens is 510 g/mol. The lowest BCUT2D eigenvalue weighted by Crippen LogP contribution is -2.34. The van der Waals surface area contributed by atoms with Crippen LogP contribution in [-0.2, 0) is 9.53 Å². The van der Waals surface area contributed by atoms with Crippen molar-refractivity contribution in [2.45, 2.75) is 6.92 Å². The van der Waals surface area contributed by atoms with Crippen LogP contribution in [0.1, 0.15) is 17.3 Å². The Labute approximate surface area is 219 Å². The molecule has 186 valence electrons. The summed E-state index contributed by atoms with van der Waals surface area (Å²) in [7, 11) is 0. The van der Waals surface area contributed by atoms with Crippen LogP contribution in [0.2, 0.25) is 0 Å². The van der Waals surface area contributed by atoms with Crippen LogP contribution < -0.4 is 25.7 Å². The van der Waals surface area contributed by atoms with Gasteiger partial charge in [0.25, 0.3) is 5.91 Å². The third-order valence-electron chi connectivity index (χ3n) is 5.22. The smallest absolute Gasteiger partial charge is 0.341 e. The number of carbonyl (C=O) groups is 2. The average molecular weight is 532 g/mol. The van der Waals surface area contributed by atoms with E-state index in [4.69, 9.17) is 15.9 Å². The molecule has 11 heteroatoms. The summed E-state index contributed by atoms with van der Waals surface area (Å²) in [5.41, 5.74) is 7.10.